The quantitative estimate of drug-likeness (QED) is 0.533. The van der Waals surface area contributed by atoms with Gasteiger partial charge < -0.3 is 5.11 Å². The molecule has 0 aromatic heterocycles. The van der Waals surface area contributed by atoms with Crippen LogP contribution in [0.25, 0.3) is 0 Å². The van der Waals surface area contributed by atoms with Crippen LogP contribution in [-0.4, -0.2) is 28.0 Å². The predicted octanol–water partition coefficient (Wildman–Crippen LogP) is 1.66. The van der Waals surface area contributed by atoms with Gasteiger partial charge in [-0.25, -0.2) is 0 Å². The Morgan fingerprint density at radius 2 is 1.94 bits per heavy atom. The molecule has 0 aromatic carbocycles. The minimum atomic E-state index is -1.40. The monoisotopic (exact) mass is 231 g/mol. The molecule has 5 heteroatoms. The van der Waals surface area contributed by atoms with E-state index in [2.05, 4.69) is 0 Å². The Labute approximate surface area is 96.0 Å². The number of nitrogens with zero attached hydrogens (tertiary/aromatic N) is 1. The van der Waals surface area contributed by atoms with Gasteiger partial charge in [-0.15, -0.1) is 0 Å². The maximum atomic E-state index is 11.6. The summed E-state index contributed by atoms with van der Waals surface area (Å²) >= 11 is 0. The molecule has 0 aromatic rings. The van der Waals surface area contributed by atoms with Gasteiger partial charge >= 0.3 is 0 Å². The van der Waals surface area contributed by atoms with Crippen molar-refractivity contribution in [1.29, 1.82) is 0 Å². The second-order valence-electron chi connectivity index (χ2n) is 5.20. The summed E-state index contributed by atoms with van der Waals surface area (Å²) in [4.78, 5) is 21.6. The lowest BCUT2D eigenvalue weighted by atomic mass is 9.88. The number of hydrogen-bond donors (Lipinski definition) is 1. The Morgan fingerprint density at radius 1 is 1.44 bits per heavy atom. The van der Waals surface area contributed by atoms with Crippen molar-refractivity contribution in [3.63, 3.8) is 0 Å². The molecule has 0 bridgehead atoms. The SMILES string of the molecule is CC(C)C[C@@H](CC(=O)C(C)(C)O)C[N+](=O)[O-]. The van der Waals surface area contributed by atoms with Crippen molar-refractivity contribution < 1.29 is 14.8 Å². The molecular weight excluding hydrogens is 210 g/mol. The number of rotatable bonds is 7. The van der Waals surface area contributed by atoms with Gasteiger partial charge in [-0.2, -0.15) is 0 Å². The third-order valence-corrected chi connectivity index (χ3v) is 2.37. The molecule has 0 spiro atoms. The van der Waals surface area contributed by atoms with Crippen molar-refractivity contribution in [2.24, 2.45) is 11.8 Å². The zero-order valence-electron chi connectivity index (χ0n) is 10.4. The molecule has 0 radical (unpaired) electrons. The fourth-order valence-corrected chi connectivity index (χ4v) is 1.61. The number of Topliss-reactive ketones (excluding diaryl/α,β-unsaturated/α-hetero) is 1. The molecule has 16 heavy (non-hydrogen) atoms. The highest BCUT2D eigenvalue weighted by Crippen LogP contribution is 2.19. The van der Waals surface area contributed by atoms with Crippen LogP contribution in [0.4, 0.5) is 0 Å². The van der Waals surface area contributed by atoms with Crippen molar-refractivity contribution in [1.82, 2.24) is 0 Å². The second kappa shape index (κ2) is 5.94. The Bertz CT molecular complexity index is 255. The molecule has 0 saturated heterocycles. The highest BCUT2D eigenvalue weighted by molar-refractivity contribution is 5.86. The molecule has 0 aliphatic rings. The molecule has 0 rings (SSSR count). The number of hydrogen-bond acceptors (Lipinski definition) is 4. The molecule has 5 nitrogen and oxygen atoms in total. The van der Waals surface area contributed by atoms with Gasteiger partial charge in [0.05, 0.1) is 0 Å². The van der Waals surface area contributed by atoms with Crippen LogP contribution in [0, 0.1) is 22.0 Å². The Kier molecular flexibility index (Phi) is 5.58. The fourth-order valence-electron chi connectivity index (χ4n) is 1.61. The summed E-state index contributed by atoms with van der Waals surface area (Å²) in [5.41, 5.74) is -1.40. The third kappa shape index (κ3) is 6.50. The van der Waals surface area contributed by atoms with Crippen molar-refractivity contribution >= 4 is 5.78 Å². The van der Waals surface area contributed by atoms with Crippen molar-refractivity contribution in [2.75, 3.05) is 6.54 Å². The van der Waals surface area contributed by atoms with E-state index in [1.165, 1.54) is 13.8 Å². The lowest BCUT2D eigenvalue weighted by Crippen LogP contribution is -2.34. The predicted molar refractivity (Wildman–Crippen MR) is 60.7 cm³/mol. The highest BCUT2D eigenvalue weighted by atomic mass is 16.6. The molecule has 94 valence electrons. The van der Waals surface area contributed by atoms with Crippen LogP contribution >= 0.6 is 0 Å². The van der Waals surface area contributed by atoms with Crippen LogP contribution in [0.1, 0.15) is 40.5 Å². The largest absolute Gasteiger partial charge is 0.383 e. The summed E-state index contributed by atoms with van der Waals surface area (Å²) < 4.78 is 0. The summed E-state index contributed by atoms with van der Waals surface area (Å²) in [5.74, 6) is -0.312. The van der Waals surface area contributed by atoms with Gasteiger partial charge in [-0.1, -0.05) is 13.8 Å². The molecule has 1 N–H and O–H groups in total. The molecule has 0 amide bonds. The first-order chi connectivity index (χ1) is 7.12. The highest BCUT2D eigenvalue weighted by Gasteiger charge is 2.28. The number of carbonyl (C=O) groups is 1. The number of ketones is 1. The van der Waals surface area contributed by atoms with Gasteiger partial charge in [0.25, 0.3) is 0 Å². The average molecular weight is 231 g/mol. The van der Waals surface area contributed by atoms with Crippen molar-refractivity contribution in [3.8, 4) is 0 Å². The number of nitro groups is 1. The molecule has 0 aliphatic heterocycles. The van der Waals surface area contributed by atoms with E-state index in [0.717, 1.165) is 0 Å². The molecule has 0 saturated carbocycles. The van der Waals surface area contributed by atoms with Gasteiger partial charge in [0, 0.05) is 17.3 Å². The van der Waals surface area contributed by atoms with Crippen molar-refractivity contribution in [2.45, 2.75) is 46.1 Å². The first-order valence-corrected chi connectivity index (χ1v) is 5.50. The Balaban J connectivity index is 4.42. The molecule has 0 heterocycles. The lowest BCUT2D eigenvalue weighted by Gasteiger charge is -2.20. The van der Waals surface area contributed by atoms with Crippen LogP contribution in [0.3, 0.4) is 0 Å². The molecule has 0 fully saturated rings. The van der Waals surface area contributed by atoms with Crippen LogP contribution < -0.4 is 0 Å². The zero-order valence-corrected chi connectivity index (χ0v) is 10.4. The zero-order chi connectivity index (χ0) is 12.9. The van der Waals surface area contributed by atoms with E-state index in [0.29, 0.717) is 12.3 Å². The van der Waals surface area contributed by atoms with E-state index < -0.39 is 10.5 Å². The van der Waals surface area contributed by atoms with E-state index in [1.807, 2.05) is 13.8 Å². The Morgan fingerprint density at radius 3 is 2.25 bits per heavy atom. The standard InChI is InChI=1S/C11H21NO4/c1-8(2)5-9(7-12(15)16)6-10(13)11(3,4)14/h8-9,14H,5-7H2,1-4H3/t9-/m0/s1. The van der Waals surface area contributed by atoms with Gasteiger partial charge in [0.1, 0.15) is 5.60 Å². The average Bonchev–Trinajstić information content (AvgIpc) is 1.98. The maximum Gasteiger partial charge on any atom is 0.207 e. The van der Waals surface area contributed by atoms with Crippen LogP contribution in [0.15, 0.2) is 0 Å². The maximum absolute atomic E-state index is 11.6. The van der Waals surface area contributed by atoms with Gasteiger partial charge in [-0.3, -0.25) is 14.9 Å². The third-order valence-electron chi connectivity index (χ3n) is 2.37. The Hall–Kier alpha value is -0.970. The lowest BCUT2D eigenvalue weighted by molar-refractivity contribution is -0.488. The summed E-state index contributed by atoms with van der Waals surface area (Å²) in [6.07, 6.45) is 0.700. The van der Waals surface area contributed by atoms with E-state index in [1.54, 1.807) is 0 Å². The van der Waals surface area contributed by atoms with Crippen molar-refractivity contribution in [3.05, 3.63) is 10.1 Å². The molecule has 0 aliphatic carbocycles. The summed E-state index contributed by atoms with van der Waals surface area (Å²) in [6, 6.07) is 0. The fraction of sp³-hybridized carbons (Fsp3) is 0.909. The molecular formula is C11H21NO4. The number of carbonyl (C=O) groups excluding carboxylic acids is 1. The second-order valence-corrected chi connectivity index (χ2v) is 5.20. The molecule has 1 atom stereocenters. The van der Waals surface area contributed by atoms with E-state index >= 15 is 0 Å². The first kappa shape index (κ1) is 15.0. The van der Waals surface area contributed by atoms with E-state index in [4.69, 9.17) is 0 Å². The van der Waals surface area contributed by atoms with Crippen LogP contribution in [-0.2, 0) is 4.79 Å². The smallest absolute Gasteiger partial charge is 0.207 e. The topological polar surface area (TPSA) is 80.4 Å². The van der Waals surface area contributed by atoms with E-state index in [9.17, 15) is 20.0 Å². The van der Waals surface area contributed by atoms with Crippen LogP contribution in [0.2, 0.25) is 0 Å². The normalized spacial score (nSPS) is 13.9. The minimum Gasteiger partial charge on any atom is -0.383 e. The van der Waals surface area contributed by atoms with Gasteiger partial charge in [0.15, 0.2) is 5.78 Å². The first-order valence-electron chi connectivity index (χ1n) is 5.50. The summed E-state index contributed by atoms with van der Waals surface area (Å²) in [7, 11) is 0. The van der Waals surface area contributed by atoms with Gasteiger partial charge in [-0.05, 0) is 26.2 Å². The summed E-state index contributed by atoms with van der Waals surface area (Å²) in [6.45, 7) is 6.53. The van der Waals surface area contributed by atoms with E-state index in [-0.39, 0.29) is 24.7 Å². The number of aliphatic hydroxyl groups is 1. The summed E-state index contributed by atoms with van der Waals surface area (Å²) in [5, 5.41) is 19.9. The van der Waals surface area contributed by atoms with Gasteiger partial charge in [0.2, 0.25) is 6.54 Å². The minimum absolute atomic E-state index is 0.0721. The molecule has 0 unspecified atom stereocenters. The van der Waals surface area contributed by atoms with Crippen LogP contribution in [0.5, 0.6) is 0 Å².